The zero-order valence-electron chi connectivity index (χ0n) is 19.7. The molecular weight excluding hydrogens is 432 g/mol. The summed E-state index contributed by atoms with van der Waals surface area (Å²) in [5, 5.41) is 4.29. The number of rotatable bonds is 9. The Kier molecular flexibility index (Phi) is 7.21. The number of aromatic nitrogens is 3. The number of piperazine rings is 1. The zero-order valence-corrected chi connectivity index (χ0v) is 19.7. The lowest BCUT2D eigenvalue weighted by Gasteiger charge is -2.35. The Balaban J connectivity index is 1.08. The summed E-state index contributed by atoms with van der Waals surface area (Å²) in [6.07, 6.45) is 4.74. The largest absolute Gasteiger partial charge is 0.486 e. The molecular formula is C25H32N6O3. The molecule has 9 nitrogen and oxygen atoms in total. The maximum absolute atomic E-state index is 5.69. The van der Waals surface area contributed by atoms with E-state index in [1.807, 2.05) is 42.7 Å². The van der Waals surface area contributed by atoms with Gasteiger partial charge in [-0.1, -0.05) is 12.1 Å². The molecule has 0 spiro atoms. The molecule has 9 heteroatoms. The van der Waals surface area contributed by atoms with Gasteiger partial charge in [0.1, 0.15) is 18.9 Å². The zero-order chi connectivity index (χ0) is 23.2. The van der Waals surface area contributed by atoms with Gasteiger partial charge >= 0.3 is 0 Å². The van der Waals surface area contributed by atoms with Crippen molar-refractivity contribution in [2.45, 2.75) is 19.9 Å². The van der Waals surface area contributed by atoms with Crippen LogP contribution in [0, 0.1) is 0 Å². The quantitative estimate of drug-likeness (QED) is 0.475. The fourth-order valence-electron chi connectivity index (χ4n) is 4.44. The second-order valence-corrected chi connectivity index (χ2v) is 8.64. The fourth-order valence-corrected chi connectivity index (χ4v) is 4.44. The van der Waals surface area contributed by atoms with Gasteiger partial charge in [-0.3, -0.25) is 9.80 Å². The van der Waals surface area contributed by atoms with Crippen molar-refractivity contribution >= 4 is 5.95 Å². The summed E-state index contributed by atoms with van der Waals surface area (Å²) in [6, 6.07) is 9.78. The first-order chi connectivity index (χ1) is 16.8. The molecule has 0 N–H and O–H groups in total. The van der Waals surface area contributed by atoms with Gasteiger partial charge in [-0.15, -0.1) is 0 Å². The third-order valence-electron chi connectivity index (χ3n) is 6.38. The molecule has 0 bridgehead atoms. The minimum Gasteiger partial charge on any atom is -0.486 e. The molecule has 0 unspecified atom stereocenters. The van der Waals surface area contributed by atoms with Crippen LogP contribution in [0.3, 0.4) is 0 Å². The Morgan fingerprint density at radius 2 is 1.76 bits per heavy atom. The van der Waals surface area contributed by atoms with Crippen LogP contribution in [0.15, 0.2) is 47.2 Å². The highest BCUT2D eigenvalue weighted by molar-refractivity contribution is 5.64. The van der Waals surface area contributed by atoms with E-state index in [9.17, 15) is 0 Å². The average molecular weight is 465 g/mol. The number of anilines is 1. The summed E-state index contributed by atoms with van der Waals surface area (Å²) < 4.78 is 17.0. The highest BCUT2D eigenvalue weighted by Crippen LogP contribution is 2.34. The van der Waals surface area contributed by atoms with E-state index < -0.39 is 0 Å². The summed E-state index contributed by atoms with van der Waals surface area (Å²) in [4.78, 5) is 15.9. The van der Waals surface area contributed by atoms with E-state index in [0.717, 1.165) is 93.2 Å². The first kappa shape index (κ1) is 22.6. The van der Waals surface area contributed by atoms with Gasteiger partial charge in [0, 0.05) is 50.2 Å². The third-order valence-corrected chi connectivity index (χ3v) is 6.38. The van der Waals surface area contributed by atoms with Crippen molar-refractivity contribution < 1.29 is 14.0 Å². The molecule has 5 rings (SSSR count). The molecule has 0 atom stereocenters. The van der Waals surface area contributed by atoms with Crippen LogP contribution < -0.4 is 14.4 Å². The predicted molar refractivity (Wildman–Crippen MR) is 129 cm³/mol. The lowest BCUT2D eigenvalue weighted by Crippen LogP contribution is -2.47. The van der Waals surface area contributed by atoms with Crippen molar-refractivity contribution in [3.63, 3.8) is 0 Å². The van der Waals surface area contributed by atoms with E-state index in [2.05, 4.69) is 36.7 Å². The number of nitrogens with zero attached hydrogens (tertiary/aromatic N) is 6. The fraction of sp³-hybridized carbons (Fsp3) is 0.480. The Bertz CT molecular complexity index is 1050. The Labute approximate surface area is 200 Å². The number of benzene rings is 1. The van der Waals surface area contributed by atoms with Gasteiger partial charge in [0.05, 0.1) is 6.54 Å². The number of hydrogen-bond donors (Lipinski definition) is 0. The Morgan fingerprint density at radius 3 is 2.56 bits per heavy atom. The van der Waals surface area contributed by atoms with Gasteiger partial charge in [0.2, 0.25) is 5.95 Å². The van der Waals surface area contributed by atoms with Gasteiger partial charge < -0.3 is 18.9 Å². The van der Waals surface area contributed by atoms with Gasteiger partial charge in [-0.05, 0) is 50.3 Å². The van der Waals surface area contributed by atoms with Crippen LogP contribution >= 0.6 is 0 Å². The summed E-state index contributed by atoms with van der Waals surface area (Å²) in [7, 11) is 0. The van der Waals surface area contributed by atoms with E-state index in [-0.39, 0.29) is 0 Å². The molecule has 1 aromatic carbocycles. The molecule has 0 aliphatic carbocycles. The van der Waals surface area contributed by atoms with Gasteiger partial charge in [0.15, 0.2) is 17.3 Å². The van der Waals surface area contributed by atoms with Crippen LogP contribution in [-0.4, -0.2) is 84.0 Å². The van der Waals surface area contributed by atoms with Crippen molar-refractivity contribution in [3.8, 4) is 22.8 Å². The Morgan fingerprint density at radius 1 is 0.971 bits per heavy atom. The molecule has 0 saturated carbocycles. The van der Waals surface area contributed by atoms with Crippen LogP contribution in [0.1, 0.15) is 19.1 Å². The van der Waals surface area contributed by atoms with Crippen molar-refractivity contribution in [3.05, 3.63) is 48.5 Å². The molecule has 2 aliphatic rings. The smallest absolute Gasteiger partial charge is 0.225 e. The number of fused-ring (bicyclic) bond motifs is 1. The number of hydrogen-bond acceptors (Lipinski definition) is 9. The summed E-state index contributed by atoms with van der Waals surface area (Å²) in [6.45, 7) is 11.2. The van der Waals surface area contributed by atoms with Crippen molar-refractivity contribution in [2.24, 2.45) is 0 Å². The lowest BCUT2D eigenvalue weighted by molar-refractivity contribution is 0.171. The van der Waals surface area contributed by atoms with E-state index >= 15 is 0 Å². The van der Waals surface area contributed by atoms with Gasteiger partial charge in [-0.2, -0.15) is 0 Å². The van der Waals surface area contributed by atoms with Gasteiger partial charge in [0.25, 0.3) is 0 Å². The normalized spacial score (nSPS) is 16.2. The first-order valence-corrected chi connectivity index (χ1v) is 12.1. The molecule has 0 amide bonds. The highest BCUT2D eigenvalue weighted by atomic mass is 16.6. The standard InChI is InChI=1S/C25H32N6O3/c1-2-29(9-4-10-30-11-13-31(14-12-30)25-26-7-3-8-27-25)19-21-18-22(28-34-21)20-5-6-23-24(17-20)33-16-15-32-23/h3,5-8,17-18H,2,4,9-16,19H2,1H3. The second kappa shape index (κ2) is 10.8. The van der Waals surface area contributed by atoms with Crippen LogP contribution in [-0.2, 0) is 6.54 Å². The second-order valence-electron chi connectivity index (χ2n) is 8.64. The Hall–Kier alpha value is -3.17. The molecule has 0 radical (unpaired) electrons. The molecule has 4 heterocycles. The topological polar surface area (TPSA) is 80.0 Å². The van der Waals surface area contributed by atoms with E-state index in [4.69, 9.17) is 14.0 Å². The summed E-state index contributed by atoms with van der Waals surface area (Å²) in [5.74, 6) is 3.26. The summed E-state index contributed by atoms with van der Waals surface area (Å²) in [5.41, 5.74) is 1.80. The maximum Gasteiger partial charge on any atom is 0.225 e. The molecule has 180 valence electrons. The molecule has 1 saturated heterocycles. The lowest BCUT2D eigenvalue weighted by atomic mass is 10.1. The van der Waals surface area contributed by atoms with Crippen LogP contribution in [0.25, 0.3) is 11.3 Å². The number of ether oxygens (including phenoxy) is 2. The molecule has 2 aromatic heterocycles. The van der Waals surface area contributed by atoms with Crippen LogP contribution in [0.5, 0.6) is 11.5 Å². The molecule has 3 aromatic rings. The minimum absolute atomic E-state index is 0.573. The van der Waals surface area contributed by atoms with Crippen LogP contribution in [0.4, 0.5) is 5.95 Å². The molecule has 1 fully saturated rings. The van der Waals surface area contributed by atoms with Crippen molar-refractivity contribution in [1.29, 1.82) is 0 Å². The van der Waals surface area contributed by atoms with E-state index in [1.54, 1.807) is 0 Å². The molecule has 2 aliphatic heterocycles. The first-order valence-electron chi connectivity index (χ1n) is 12.1. The third kappa shape index (κ3) is 5.48. The molecule has 34 heavy (non-hydrogen) atoms. The maximum atomic E-state index is 5.69. The van der Waals surface area contributed by atoms with E-state index in [1.165, 1.54) is 0 Å². The monoisotopic (exact) mass is 464 g/mol. The predicted octanol–water partition coefficient (Wildman–Crippen LogP) is 2.94. The average Bonchev–Trinajstić information content (AvgIpc) is 3.37. The van der Waals surface area contributed by atoms with E-state index in [0.29, 0.717) is 13.2 Å². The minimum atomic E-state index is 0.573. The highest BCUT2D eigenvalue weighted by Gasteiger charge is 2.19. The van der Waals surface area contributed by atoms with Crippen molar-refractivity contribution in [2.75, 3.05) is 63.9 Å². The van der Waals surface area contributed by atoms with Crippen LogP contribution in [0.2, 0.25) is 0 Å². The van der Waals surface area contributed by atoms with Crippen molar-refractivity contribution in [1.82, 2.24) is 24.9 Å². The summed E-state index contributed by atoms with van der Waals surface area (Å²) >= 11 is 0. The van der Waals surface area contributed by atoms with Gasteiger partial charge in [-0.25, -0.2) is 9.97 Å². The SMILES string of the molecule is CCN(CCCN1CCN(c2ncccn2)CC1)Cc1cc(-c2ccc3c(c2)OCCO3)no1.